The van der Waals surface area contributed by atoms with Gasteiger partial charge in [-0.25, -0.2) is 4.98 Å². The summed E-state index contributed by atoms with van der Waals surface area (Å²) in [6.07, 6.45) is 1.61. The Kier molecular flexibility index (Phi) is 4.36. The summed E-state index contributed by atoms with van der Waals surface area (Å²) in [6, 6.07) is 12.5. The minimum Gasteiger partial charge on any atom is -0.364 e. The Morgan fingerprint density at radius 2 is 2.00 bits per heavy atom. The van der Waals surface area contributed by atoms with Gasteiger partial charge in [-0.3, -0.25) is 4.90 Å². The van der Waals surface area contributed by atoms with Crippen molar-refractivity contribution in [3.8, 4) is 10.6 Å². The van der Waals surface area contributed by atoms with Gasteiger partial charge in [0.15, 0.2) is 0 Å². The molecular weight excluding hydrogens is 294 g/mol. The molecule has 0 spiro atoms. The van der Waals surface area contributed by atoms with E-state index in [4.69, 9.17) is 9.51 Å². The van der Waals surface area contributed by atoms with E-state index in [9.17, 15) is 0 Å². The number of nitrogens with zero attached hydrogens (tertiary/aromatic N) is 3. The molecule has 3 aromatic rings. The van der Waals surface area contributed by atoms with Crippen molar-refractivity contribution in [1.29, 1.82) is 0 Å². The molecule has 2 aromatic heterocycles. The summed E-state index contributed by atoms with van der Waals surface area (Å²) < 4.78 is 4.90. The zero-order valence-corrected chi connectivity index (χ0v) is 13.8. The van der Waals surface area contributed by atoms with Gasteiger partial charge in [-0.05, 0) is 20.9 Å². The summed E-state index contributed by atoms with van der Waals surface area (Å²) in [5.41, 5.74) is 3.22. The van der Waals surface area contributed by atoms with Crippen LogP contribution in [0.3, 0.4) is 0 Å². The minimum atomic E-state index is 0.284. The van der Waals surface area contributed by atoms with E-state index in [0.29, 0.717) is 0 Å². The van der Waals surface area contributed by atoms with Gasteiger partial charge >= 0.3 is 0 Å². The van der Waals surface area contributed by atoms with Crippen molar-refractivity contribution in [3.63, 3.8) is 0 Å². The van der Waals surface area contributed by atoms with Crippen LogP contribution in [0.4, 0.5) is 0 Å². The minimum absolute atomic E-state index is 0.284. The van der Waals surface area contributed by atoms with Crippen molar-refractivity contribution in [1.82, 2.24) is 15.0 Å². The Balaban J connectivity index is 1.80. The molecule has 0 radical (unpaired) electrons. The molecule has 1 atom stereocenters. The Labute approximate surface area is 134 Å². The van der Waals surface area contributed by atoms with Crippen LogP contribution >= 0.6 is 11.3 Å². The average Bonchev–Trinajstić information content (AvgIpc) is 3.17. The fourth-order valence-electron chi connectivity index (χ4n) is 2.41. The Morgan fingerprint density at radius 1 is 1.23 bits per heavy atom. The number of hydrogen-bond acceptors (Lipinski definition) is 5. The van der Waals surface area contributed by atoms with Crippen molar-refractivity contribution in [3.05, 3.63) is 58.9 Å². The molecule has 0 saturated heterocycles. The quantitative estimate of drug-likeness (QED) is 0.704. The van der Waals surface area contributed by atoms with Crippen LogP contribution in [-0.2, 0) is 6.54 Å². The molecule has 0 aliphatic heterocycles. The first-order valence-electron chi connectivity index (χ1n) is 7.27. The summed E-state index contributed by atoms with van der Waals surface area (Å²) in [7, 11) is 2.10. The summed E-state index contributed by atoms with van der Waals surface area (Å²) in [5.74, 6) is 0. The van der Waals surface area contributed by atoms with Gasteiger partial charge in [-0.15, -0.1) is 11.3 Å². The van der Waals surface area contributed by atoms with Crippen LogP contribution in [0.2, 0.25) is 0 Å². The van der Waals surface area contributed by atoms with Crippen molar-refractivity contribution in [2.45, 2.75) is 26.4 Å². The Bertz CT molecular complexity index is 722. The Hall–Kier alpha value is -1.98. The summed E-state index contributed by atoms with van der Waals surface area (Å²) in [5, 5.41) is 5.06. The molecule has 0 bridgehead atoms. The van der Waals surface area contributed by atoms with E-state index in [1.165, 1.54) is 10.4 Å². The highest BCUT2D eigenvalue weighted by atomic mass is 32.1. The van der Waals surface area contributed by atoms with Gasteiger partial charge in [-0.1, -0.05) is 35.5 Å². The van der Waals surface area contributed by atoms with Gasteiger partial charge in [0, 0.05) is 29.1 Å². The van der Waals surface area contributed by atoms with Crippen molar-refractivity contribution >= 4 is 11.3 Å². The van der Waals surface area contributed by atoms with Crippen LogP contribution in [0.5, 0.6) is 0 Å². The highest BCUT2D eigenvalue weighted by Gasteiger charge is 2.19. The van der Waals surface area contributed by atoms with Crippen molar-refractivity contribution in [2.24, 2.45) is 0 Å². The molecule has 0 fully saturated rings. The van der Waals surface area contributed by atoms with Crippen LogP contribution in [-0.4, -0.2) is 22.1 Å². The van der Waals surface area contributed by atoms with Crippen LogP contribution in [0.15, 0.2) is 47.2 Å². The van der Waals surface area contributed by atoms with Gasteiger partial charge in [-0.2, -0.15) is 0 Å². The monoisotopic (exact) mass is 313 g/mol. The third kappa shape index (κ3) is 3.10. The molecule has 0 aliphatic carbocycles. The molecule has 0 amide bonds. The van der Waals surface area contributed by atoms with Crippen LogP contribution < -0.4 is 0 Å². The molecule has 114 valence electrons. The predicted octanol–water partition coefficient (Wildman–Crippen LogP) is 4.30. The van der Waals surface area contributed by atoms with E-state index in [0.717, 1.165) is 22.9 Å². The maximum Gasteiger partial charge on any atom is 0.124 e. The lowest BCUT2D eigenvalue weighted by Gasteiger charge is -2.22. The predicted molar refractivity (Wildman–Crippen MR) is 88.7 cm³/mol. The molecular formula is C17H19N3OS. The zero-order valence-electron chi connectivity index (χ0n) is 13.0. The van der Waals surface area contributed by atoms with E-state index < -0.39 is 0 Å². The van der Waals surface area contributed by atoms with Crippen molar-refractivity contribution in [2.75, 3.05) is 7.05 Å². The lowest BCUT2D eigenvalue weighted by atomic mass is 10.2. The summed E-state index contributed by atoms with van der Waals surface area (Å²) >= 11 is 1.77. The molecule has 1 unspecified atom stereocenters. The second-order valence-corrected chi connectivity index (χ2v) is 6.45. The van der Waals surface area contributed by atoms with Crippen LogP contribution in [0.1, 0.15) is 29.2 Å². The van der Waals surface area contributed by atoms with Crippen LogP contribution in [0.25, 0.3) is 10.6 Å². The number of aromatic nitrogens is 2. The molecule has 0 N–H and O–H groups in total. The molecule has 22 heavy (non-hydrogen) atoms. The Morgan fingerprint density at radius 3 is 2.68 bits per heavy atom. The molecule has 3 rings (SSSR count). The van der Waals surface area contributed by atoms with Gasteiger partial charge in [0.05, 0.1) is 11.4 Å². The topological polar surface area (TPSA) is 42.2 Å². The first kappa shape index (κ1) is 14.9. The fourth-order valence-corrected chi connectivity index (χ4v) is 3.60. The van der Waals surface area contributed by atoms with E-state index in [1.54, 1.807) is 17.6 Å². The molecule has 2 heterocycles. The van der Waals surface area contributed by atoms with E-state index in [2.05, 4.69) is 43.1 Å². The third-order valence-corrected chi connectivity index (χ3v) is 5.17. The van der Waals surface area contributed by atoms with Crippen molar-refractivity contribution < 1.29 is 4.52 Å². The number of hydrogen-bond donors (Lipinski definition) is 0. The average molecular weight is 313 g/mol. The second-order valence-electron chi connectivity index (χ2n) is 5.42. The van der Waals surface area contributed by atoms with Crippen LogP contribution in [0, 0.1) is 6.92 Å². The normalized spacial score (nSPS) is 12.7. The van der Waals surface area contributed by atoms with Gasteiger partial charge in [0.25, 0.3) is 0 Å². The highest BCUT2D eigenvalue weighted by molar-refractivity contribution is 7.15. The summed E-state index contributed by atoms with van der Waals surface area (Å²) in [4.78, 5) is 8.29. The van der Waals surface area contributed by atoms with E-state index >= 15 is 0 Å². The smallest absolute Gasteiger partial charge is 0.124 e. The van der Waals surface area contributed by atoms with Gasteiger partial charge < -0.3 is 4.52 Å². The first-order chi connectivity index (χ1) is 10.6. The number of benzene rings is 1. The molecule has 0 saturated carbocycles. The number of thiazole rings is 1. The molecule has 0 aliphatic rings. The summed E-state index contributed by atoms with van der Waals surface area (Å²) in [6.45, 7) is 5.05. The van der Waals surface area contributed by atoms with Gasteiger partial charge in [0.1, 0.15) is 11.3 Å². The standard InChI is InChI=1S/C17H19N3OS/c1-12-16(13(2)20(3)11-15-9-10-21-19-15)22-17(18-12)14-7-5-4-6-8-14/h4-10,13H,11H2,1-3H3. The fraction of sp³-hybridized carbons (Fsp3) is 0.294. The largest absolute Gasteiger partial charge is 0.364 e. The number of aryl methyl sites for hydroxylation is 1. The molecule has 5 heteroatoms. The second kappa shape index (κ2) is 6.42. The highest BCUT2D eigenvalue weighted by Crippen LogP contribution is 2.34. The molecule has 1 aromatic carbocycles. The maximum absolute atomic E-state index is 4.90. The van der Waals surface area contributed by atoms with E-state index in [1.807, 2.05) is 24.3 Å². The maximum atomic E-state index is 4.90. The van der Waals surface area contributed by atoms with E-state index in [-0.39, 0.29) is 6.04 Å². The molecule has 4 nitrogen and oxygen atoms in total. The SMILES string of the molecule is Cc1nc(-c2ccccc2)sc1C(C)N(C)Cc1ccon1. The zero-order chi connectivity index (χ0) is 15.5. The number of rotatable bonds is 5. The first-order valence-corrected chi connectivity index (χ1v) is 8.09. The lowest BCUT2D eigenvalue weighted by Crippen LogP contribution is -2.21. The third-order valence-electron chi connectivity index (χ3n) is 3.80. The van der Waals surface area contributed by atoms with Gasteiger partial charge in [0.2, 0.25) is 0 Å². The lowest BCUT2D eigenvalue weighted by molar-refractivity contribution is 0.247.